The molecule has 1 aliphatic heterocycles. The largest absolute Gasteiger partial charge is 0.491 e. The highest BCUT2D eigenvalue weighted by Gasteiger charge is 2.23. The zero-order chi connectivity index (χ0) is 13.9. The maximum absolute atomic E-state index is 12.8. The number of amides is 1. The molecule has 1 aromatic carbocycles. The summed E-state index contributed by atoms with van der Waals surface area (Å²) < 4.78 is 18.5. The van der Waals surface area contributed by atoms with Crippen LogP contribution >= 0.6 is 0 Å². The normalized spacial score (nSPS) is 14.2. The van der Waals surface area contributed by atoms with E-state index in [1.54, 1.807) is 4.90 Å². The molecule has 0 unspecified atom stereocenters. The van der Waals surface area contributed by atoms with Crippen molar-refractivity contribution in [1.29, 1.82) is 0 Å². The van der Waals surface area contributed by atoms with E-state index in [0.717, 1.165) is 12.1 Å². The van der Waals surface area contributed by atoms with Gasteiger partial charge < -0.3 is 9.64 Å². The van der Waals surface area contributed by atoms with Crippen LogP contribution in [0.2, 0.25) is 0 Å². The Hall–Kier alpha value is -2.43. The minimum absolute atomic E-state index is 0.199. The van der Waals surface area contributed by atoms with Crippen molar-refractivity contribution in [3.05, 3.63) is 54.1 Å². The van der Waals surface area contributed by atoms with Crippen LogP contribution < -0.4 is 9.64 Å². The molecule has 0 fully saturated rings. The molecule has 102 valence electrons. The Labute approximate surface area is 115 Å². The van der Waals surface area contributed by atoms with Crippen molar-refractivity contribution < 1.29 is 13.9 Å². The maximum Gasteiger partial charge on any atom is 0.259 e. The zero-order valence-electron chi connectivity index (χ0n) is 10.8. The fourth-order valence-electron chi connectivity index (χ4n) is 2.20. The third-order valence-corrected chi connectivity index (χ3v) is 3.16. The Kier molecular flexibility index (Phi) is 3.33. The van der Waals surface area contributed by atoms with Crippen molar-refractivity contribution in [2.75, 3.05) is 18.1 Å². The third-order valence-electron chi connectivity index (χ3n) is 3.16. The fourth-order valence-corrected chi connectivity index (χ4v) is 2.20. The quantitative estimate of drug-likeness (QED) is 0.749. The number of pyridine rings is 1. The molecule has 0 aliphatic carbocycles. The van der Waals surface area contributed by atoms with Gasteiger partial charge in [0.15, 0.2) is 0 Å². The van der Waals surface area contributed by atoms with Gasteiger partial charge in [0.05, 0.1) is 17.9 Å². The molecule has 1 aromatic heterocycles. The maximum atomic E-state index is 12.8. The molecule has 3 rings (SSSR count). The minimum Gasteiger partial charge on any atom is -0.491 e. The summed E-state index contributed by atoms with van der Waals surface area (Å²) in [6.07, 6.45) is 2.00. The lowest BCUT2D eigenvalue weighted by Gasteiger charge is -2.21. The van der Waals surface area contributed by atoms with E-state index in [1.165, 1.54) is 18.3 Å². The topological polar surface area (TPSA) is 42.4 Å². The van der Waals surface area contributed by atoms with Crippen molar-refractivity contribution in [1.82, 2.24) is 4.98 Å². The van der Waals surface area contributed by atoms with E-state index < -0.39 is 5.95 Å². The molecule has 0 bridgehead atoms. The lowest BCUT2D eigenvalue weighted by Crippen LogP contribution is -2.31. The number of ether oxygens (including phenoxy) is 1. The zero-order valence-corrected chi connectivity index (χ0v) is 10.8. The number of benzene rings is 1. The number of hydrogen-bond donors (Lipinski definition) is 0. The van der Waals surface area contributed by atoms with E-state index in [0.29, 0.717) is 24.5 Å². The van der Waals surface area contributed by atoms with Crippen LogP contribution in [-0.2, 0) is 0 Å². The Bertz CT molecular complexity index is 628. The Morgan fingerprint density at radius 3 is 2.90 bits per heavy atom. The summed E-state index contributed by atoms with van der Waals surface area (Å²) in [6, 6.07) is 10.0. The lowest BCUT2D eigenvalue weighted by atomic mass is 10.2. The number of halogens is 1. The molecule has 0 N–H and O–H groups in total. The Balaban J connectivity index is 1.97. The Morgan fingerprint density at radius 1 is 1.25 bits per heavy atom. The molecule has 0 saturated carbocycles. The first-order valence-electron chi connectivity index (χ1n) is 6.41. The number of fused-ring (bicyclic) bond motifs is 1. The van der Waals surface area contributed by atoms with Crippen LogP contribution in [0.5, 0.6) is 5.75 Å². The molecule has 0 atom stereocenters. The van der Waals surface area contributed by atoms with Gasteiger partial charge in [0, 0.05) is 12.7 Å². The smallest absolute Gasteiger partial charge is 0.259 e. The number of carbonyl (C=O) groups is 1. The molecular formula is C15H13FN2O2. The van der Waals surface area contributed by atoms with E-state index in [-0.39, 0.29) is 5.91 Å². The first kappa shape index (κ1) is 12.6. The van der Waals surface area contributed by atoms with Crippen molar-refractivity contribution >= 4 is 11.6 Å². The second-order valence-electron chi connectivity index (χ2n) is 4.50. The van der Waals surface area contributed by atoms with Gasteiger partial charge in [0.25, 0.3) is 5.91 Å². The van der Waals surface area contributed by atoms with Gasteiger partial charge in [0.2, 0.25) is 5.95 Å². The summed E-state index contributed by atoms with van der Waals surface area (Å²) >= 11 is 0. The summed E-state index contributed by atoms with van der Waals surface area (Å²) in [5.74, 6) is -0.106. The molecule has 1 aliphatic rings. The second-order valence-corrected chi connectivity index (χ2v) is 4.50. The van der Waals surface area contributed by atoms with Gasteiger partial charge in [-0.05, 0) is 30.7 Å². The van der Waals surface area contributed by atoms with Crippen LogP contribution in [-0.4, -0.2) is 24.0 Å². The summed E-state index contributed by atoms with van der Waals surface area (Å²) in [6.45, 7) is 1.13. The Morgan fingerprint density at radius 2 is 2.10 bits per heavy atom. The molecular weight excluding hydrogens is 259 g/mol. The number of hydrogen-bond acceptors (Lipinski definition) is 3. The molecule has 1 amide bonds. The van der Waals surface area contributed by atoms with Gasteiger partial charge in [0.1, 0.15) is 5.75 Å². The predicted molar refractivity (Wildman–Crippen MR) is 72.4 cm³/mol. The van der Waals surface area contributed by atoms with Crippen molar-refractivity contribution in [3.8, 4) is 5.75 Å². The molecule has 0 radical (unpaired) electrons. The highest BCUT2D eigenvalue weighted by molar-refractivity contribution is 6.06. The number of anilines is 1. The van der Waals surface area contributed by atoms with E-state index in [1.807, 2.05) is 24.3 Å². The monoisotopic (exact) mass is 272 g/mol. The molecule has 2 aromatic rings. The van der Waals surface area contributed by atoms with E-state index in [9.17, 15) is 9.18 Å². The standard InChI is InChI=1S/C15H13FN2O2/c16-14-7-6-11(10-17-14)15(19)18-8-3-9-20-13-5-2-1-4-12(13)18/h1-2,4-7,10H,3,8-9H2. The summed E-state index contributed by atoms with van der Waals surface area (Å²) in [5, 5.41) is 0. The van der Waals surface area contributed by atoms with Gasteiger partial charge in [-0.2, -0.15) is 4.39 Å². The van der Waals surface area contributed by atoms with Crippen LogP contribution in [0.3, 0.4) is 0 Å². The van der Waals surface area contributed by atoms with E-state index in [4.69, 9.17) is 4.74 Å². The SMILES string of the molecule is O=C(c1ccc(F)nc1)N1CCCOc2ccccc21. The summed E-state index contributed by atoms with van der Waals surface area (Å²) in [7, 11) is 0. The number of aromatic nitrogens is 1. The van der Waals surface area contributed by atoms with Gasteiger partial charge in [-0.15, -0.1) is 0 Å². The third kappa shape index (κ3) is 2.34. The minimum atomic E-state index is -0.596. The van der Waals surface area contributed by atoms with Gasteiger partial charge in [-0.1, -0.05) is 12.1 Å². The van der Waals surface area contributed by atoms with Crippen molar-refractivity contribution in [2.24, 2.45) is 0 Å². The molecule has 4 nitrogen and oxygen atoms in total. The highest BCUT2D eigenvalue weighted by Crippen LogP contribution is 2.31. The summed E-state index contributed by atoms with van der Waals surface area (Å²) in [4.78, 5) is 17.7. The van der Waals surface area contributed by atoms with E-state index in [2.05, 4.69) is 4.98 Å². The predicted octanol–water partition coefficient (Wildman–Crippen LogP) is 2.65. The second kappa shape index (κ2) is 5.28. The van der Waals surface area contributed by atoms with Crippen LogP contribution in [0.15, 0.2) is 42.6 Å². The summed E-state index contributed by atoms with van der Waals surface area (Å²) in [5.41, 5.74) is 1.10. The van der Waals surface area contributed by atoms with Crippen LogP contribution in [0.4, 0.5) is 10.1 Å². The van der Waals surface area contributed by atoms with E-state index >= 15 is 0 Å². The molecule has 0 spiro atoms. The van der Waals surface area contributed by atoms with Gasteiger partial charge >= 0.3 is 0 Å². The van der Waals surface area contributed by atoms with Crippen molar-refractivity contribution in [2.45, 2.75) is 6.42 Å². The first-order valence-corrected chi connectivity index (χ1v) is 6.41. The van der Waals surface area contributed by atoms with Gasteiger partial charge in [-0.3, -0.25) is 4.79 Å². The molecule has 2 heterocycles. The first-order chi connectivity index (χ1) is 9.75. The average Bonchev–Trinajstić information content (AvgIpc) is 2.69. The number of nitrogens with zero attached hydrogens (tertiary/aromatic N) is 2. The number of rotatable bonds is 1. The highest BCUT2D eigenvalue weighted by atomic mass is 19.1. The lowest BCUT2D eigenvalue weighted by molar-refractivity contribution is 0.0986. The van der Waals surface area contributed by atoms with Crippen LogP contribution in [0.1, 0.15) is 16.8 Å². The number of para-hydroxylation sites is 2. The van der Waals surface area contributed by atoms with Crippen LogP contribution in [0.25, 0.3) is 0 Å². The van der Waals surface area contributed by atoms with Gasteiger partial charge in [-0.25, -0.2) is 4.98 Å². The number of carbonyl (C=O) groups excluding carboxylic acids is 1. The average molecular weight is 272 g/mol. The molecule has 20 heavy (non-hydrogen) atoms. The fraction of sp³-hybridized carbons (Fsp3) is 0.200. The molecule has 5 heteroatoms. The molecule has 0 saturated heterocycles. The van der Waals surface area contributed by atoms with Crippen molar-refractivity contribution in [3.63, 3.8) is 0 Å². The van der Waals surface area contributed by atoms with Crippen LogP contribution in [0, 0.1) is 5.95 Å².